The number of carbonyl (C=O) groups excluding carboxylic acids is 1. The largest absolute Gasteiger partial charge is 0.497 e. The maximum absolute atomic E-state index is 12.3. The smallest absolute Gasteiger partial charge is 0.408 e. The molecule has 3 heterocycles. The summed E-state index contributed by atoms with van der Waals surface area (Å²) < 4.78 is 12.6. The molecule has 10 nitrogen and oxygen atoms in total. The molecule has 0 spiro atoms. The molecule has 0 aliphatic carbocycles. The van der Waals surface area contributed by atoms with Crippen LogP contribution < -0.4 is 15.0 Å². The van der Waals surface area contributed by atoms with Gasteiger partial charge in [-0.05, 0) is 65.2 Å². The zero-order valence-corrected chi connectivity index (χ0v) is 21.9. The standard InChI is InChI=1S/C26H35N7O3/c1-7-27-22-21-23(33(31-22)17-18-8-10-19(35-6)11-9-18)29-20(16-28-21)32-14-12-26(5,13-15-32)30-24(34)36-25(2,3)4/h7-11,16H,12-15,17H2,1-6H3,(H,30,34). The monoisotopic (exact) mass is 493 g/mol. The zero-order chi connectivity index (χ0) is 25.9. The topological polar surface area (TPSA) is 107 Å². The number of benzene rings is 1. The summed E-state index contributed by atoms with van der Waals surface area (Å²) in [5.74, 6) is 2.14. The number of hydrogen-bond acceptors (Lipinski definition) is 8. The van der Waals surface area contributed by atoms with Crippen molar-refractivity contribution < 1.29 is 14.3 Å². The Kier molecular flexibility index (Phi) is 7.14. The van der Waals surface area contributed by atoms with Crippen LogP contribution in [0.3, 0.4) is 0 Å². The number of fused-ring (bicyclic) bond motifs is 1. The van der Waals surface area contributed by atoms with E-state index in [1.807, 2.05) is 56.6 Å². The minimum absolute atomic E-state index is 0.338. The van der Waals surface area contributed by atoms with Gasteiger partial charge in [0.1, 0.15) is 17.2 Å². The number of anilines is 1. The minimum Gasteiger partial charge on any atom is -0.497 e. The van der Waals surface area contributed by atoms with Gasteiger partial charge in [-0.2, -0.15) is 0 Å². The van der Waals surface area contributed by atoms with Gasteiger partial charge in [-0.3, -0.25) is 0 Å². The van der Waals surface area contributed by atoms with Crippen molar-refractivity contribution in [3.05, 3.63) is 36.0 Å². The fourth-order valence-corrected chi connectivity index (χ4v) is 4.20. The first-order chi connectivity index (χ1) is 17.1. The molecule has 2 aromatic heterocycles. The highest BCUT2D eigenvalue weighted by Crippen LogP contribution is 2.29. The van der Waals surface area contributed by atoms with E-state index in [-0.39, 0.29) is 11.6 Å². The number of rotatable bonds is 6. The number of carbonyl (C=O) groups is 1. The normalized spacial score (nSPS) is 15.9. The first-order valence-corrected chi connectivity index (χ1v) is 12.2. The van der Waals surface area contributed by atoms with E-state index < -0.39 is 5.60 Å². The quantitative estimate of drug-likeness (QED) is 0.504. The molecule has 0 unspecified atom stereocenters. The third-order valence-electron chi connectivity index (χ3n) is 6.15. The Labute approximate surface area is 211 Å². The van der Waals surface area contributed by atoms with E-state index in [0.717, 1.165) is 43.1 Å². The number of nitrogens with one attached hydrogen (secondary N) is 1. The number of alkyl carbamates (subject to hydrolysis) is 1. The van der Waals surface area contributed by atoms with Crippen LogP contribution in [0.25, 0.3) is 11.2 Å². The van der Waals surface area contributed by atoms with Crippen LogP contribution in [0.4, 0.5) is 16.4 Å². The number of hydrogen-bond donors (Lipinski definition) is 1. The number of methoxy groups -OCH3 is 1. The third-order valence-corrected chi connectivity index (χ3v) is 6.15. The van der Waals surface area contributed by atoms with Crippen LogP contribution in [0.1, 0.15) is 53.0 Å². The predicted molar refractivity (Wildman–Crippen MR) is 140 cm³/mol. The summed E-state index contributed by atoms with van der Waals surface area (Å²) in [7, 11) is 1.65. The van der Waals surface area contributed by atoms with Crippen molar-refractivity contribution in [1.82, 2.24) is 25.1 Å². The molecule has 1 fully saturated rings. The third kappa shape index (κ3) is 5.92. The molecule has 0 bridgehead atoms. The predicted octanol–water partition coefficient (Wildman–Crippen LogP) is 4.49. The van der Waals surface area contributed by atoms with Crippen molar-refractivity contribution in [2.45, 2.75) is 65.1 Å². The van der Waals surface area contributed by atoms with Gasteiger partial charge in [0.25, 0.3) is 0 Å². The summed E-state index contributed by atoms with van der Waals surface area (Å²) in [4.78, 5) is 28.5. The maximum Gasteiger partial charge on any atom is 0.408 e. The lowest BCUT2D eigenvalue weighted by molar-refractivity contribution is 0.0448. The summed E-state index contributed by atoms with van der Waals surface area (Å²) in [5, 5.41) is 7.72. The highest BCUT2D eigenvalue weighted by molar-refractivity contribution is 5.84. The van der Waals surface area contributed by atoms with Gasteiger partial charge in [0.15, 0.2) is 11.2 Å². The number of amides is 1. The van der Waals surface area contributed by atoms with Gasteiger partial charge in [-0.15, -0.1) is 5.10 Å². The Morgan fingerprint density at radius 3 is 2.53 bits per heavy atom. The first kappa shape index (κ1) is 25.4. The van der Waals surface area contributed by atoms with Crippen LogP contribution in [0, 0.1) is 0 Å². The number of piperidine rings is 1. The van der Waals surface area contributed by atoms with Crippen molar-refractivity contribution in [3.63, 3.8) is 0 Å². The molecule has 1 aliphatic rings. The van der Waals surface area contributed by atoms with E-state index in [2.05, 4.69) is 32.2 Å². The second-order valence-corrected chi connectivity index (χ2v) is 10.3. The van der Waals surface area contributed by atoms with Gasteiger partial charge in [0.2, 0.25) is 5.82 Å². The SMILES string of the molecule is CC=Nc1nn(Cc2ccc(OC)cc2)c2nc(N3CCC(C)(NC(=O)OC(C)(C)C)CC3)cnc12. The van der Waals surface area contributed by atoms with E-state index in [9.17, 15) is 4.79 Å². The molecule has 36 heavy (non-hydrogen) atoms. The van der Waals surface area contributed by atoms with Crippen molar-refractivity contribution >= 4 is 35.1 Å². The second kappa shape index (κ2) is 10.1. The Bertz CT molecular complexity index is 1240. The lowest BCUT2D eigenvalue weighted by Gasteiger charge is -2.40. The Morgan fingerprint density at radius 1 is 1.22 bits per heavy atom. The fourth-order valence-electron chi connectivity index (χ4n) is 4.20. The van der Waals surface area contributed by atoms with Crippen molar-refractivity contribution in [2.75, 3.05) is 25.1 Å². The van der Waals surface area contributed by atoms with Gasteiger partial charge in [-0.25, -0.2) is 24.4 Å². The molecule has 0 saturated carbocycles. The van der Waals surface area contributed by atoms with E-state index in [4.69, 9.17) is 14.5 Å². The average molecular weight is 494 g/mol. The summed E-state index contributed by atoms with van der Waals surface area (Å²) in [6.45, 7) is 11.5. The van der Waals surface area contributed by atoms with Crippen LogP contribution in [0.2, 0.25) is 0 Å². The maximum atomic E-state index is 12.3. The summed E-state index contributed by atoms with van der Waals surface area (Å²) in [5.41, 5.74) is 1.56. The second-order valence-electron chi connectivity index (χ2n) is 10.3. The molecule has 1 aromatic carbocycles. The van der Waals surface area contributed by atoms with Gasteiger partial charge < -0.3 is 19.7 Å². The van der Waals surface area contributed by atoms with Crippen LogP contribution in [0.5, 0.6) is 5.75 Å². The molecule has 4 rings (SSSR count). The Balaban J connectivity index is 1.53. The highest BCUT2D eigenvalue weighted by Gasteiger charge is 2.33. The Hall–Kier alpha value is -3.69. The zero-order valence-electron chi connectivity index (χ0n) is 21.9. The molecule has 0 atom stereocenters. The molecular weight excluding hydrogens is 458 g/mol. The van der Waals surface area contributed by atoms with E-state index >= 15 is 0 Å². The Morgan fingerprint density at radius 2 is 1.92 bits per heavy atom. The molecule has 192 valence electrons. The summed E-state index contributed by atoms with van der Waals surface area (Å²) in [6, 6.07) is 7.88. The highest BCUT2D eigenvalue weighted by atomic mass is 16.6. The molecule has 1 aliphatic heterocycles. The van der Waals surface area contributed by atoms with E-state index in [0.29, 0.717) is 23.5 Å². The molecule has 1 saturated heterocycles. The minimum atomic E-state index is -0.526. The number of aromatic nitrogens is 4. The molecule has 10 heteroatoms. The summed E-state index contributed by atoms with van der Waals surface area (Å²) >= 11 is 0. The van der Waals surface area contributed by atoms with Crippen molar-refractivity contribution in [2.24, 2.45) is 4.99 Å². The molecule has 3 aromatic rings. The van der Waals surface area contributed by atoms with Gasteiger partial charge >= 0.3 is 6.09 Å². The first-order valence-electron chi connectivity index (χ1n) is 12.2. The van der Waals surface area contributed by atoms with Gasteiger partial charge in [-0.1, -0.05) is 12.1 Å². The van der Waals surface area contributed by atoms with Crippen LogP contribution in [-0.4, -0.2) is 63.4 Å². The molecule has 0 radical (unpaired) electrons. The van der Waals surface area contributed by atoms with E-state index in [1.54, 1.807) is 19.5 Å². The van der Waals surface area contributed by atoms with Gasteiger partial charge in [0, 0.05) is 24.8 Å². The molecule has 1 amide bonds. The lowest BCUT2D eigenvalue weighted by Crippen LogP contribution is -2.54. The van der Waals surface area contributed by atoms with E-state index in [1.165, 1.54) is 0 Å². The van der Waals surface area contributed by atoms with Gasteiger partial charge in [0.05, 0.1) is 19.9 Å². The number of ether oxygens (including phenoxy) is 2. The van der Waals surface area contributed by atoms with Crippen LogP contribution in [0.15, 0.2) is 35.5 Å². The lowest BCUT2D eigenvalue weighted by atomic mass is 9.90. The average Bonchev–Trinajstić information content (AvgIpc) is 3.15. The number of aliphatic imine (C=N–C) groups is 1. The van der Waals surface area contributed by atoms with Crippen LogP contribution >= 0.6 is 0 Å². The van der Waals surface area contributed by atoms with Crippen molar-refractivity contribution in [1.29, 1.82) is 0 Å². The number of nitrogens with zero attached hydrogens (tertiary/aromatic N) is 6. The fraction of sp³-hybridized carbons (Fsp3) is 0.500. The summed E-state index contributed by atoms with van der Waals surface area (Å²) in [6.07, 6.45) is 4.63. The van der Waals surface area contributed by atoms with Crippen LogP contribution in [-0.2, 0) is 11.3 Å². The molecular formula is C26H35N7O3. The molecule has 1 N–H and O–H groups in total. The van der Waals surface area contributed by atoms with Crippen molar-refractivity contribution in [3.8, 4) is 5.75 Å².